The van der Waals surface area contributed by atoms with Gasteiger partial charge in [-0.3, -0.25) is 4.79 Å². The van der Waals surface area contributed by atoms with Crippen molar-refractivity contribution in [2.45, 2.75) is 70.4 Å². The van der Waals surface area contributed by atoms with Crippen molar-refractivity contribution >= 4 is 5.91 Å². The zero-order valence-corrected chi connectivity index (χ0v) is 13.2. The molecule has 1 aliphatic carbocycles. The summed E-state index contributed by atoms with van der Waals surface area (Å²) in [6.45, 7) is 7.82. The van der Waals surface area contributed by atoms with Crippen molar-refractivity contribution in [3.8, 4) is 0 Å². The van der Waals surface area contributed by atoms with E-state index < -0.39 is 5.54 Å². The molecule has 0 aromatic heterocycles. The maximum absolute atomic E-state index is 11.7. The zero-order valence-electron chi connectivity index (χ0n) is 13.2. The number of carbonyl (C=O) groups is 1. The lowest BCUT2D eigenvalue weighted by molar-refractivity contribution is -0.124. The van der Waals surface area contributed by atoms with Gasteiger partial charge in [0.2, 0.25) is 5.91 Å². The molecule has 4 heteroatoms. The minimum absolute atomic E-state index is 0.200. The van der Waals surface area contributed by atoms with Crippen LogP contribution in [0.4, 0.5) is 0 Å². The summed E-state index contributed by atoms with van der Waals surface area (Å²) in [4.78, 5) is 14.3. The number of primary amides is 1. The van der Waals surface area contributed by atoms with E-state index in [1.54, 1.807) is 0 Å². The highest BCUT2D eigenvalue weighted by atomic mass is 16.1. The van der Waals surface area contributed by atoms with Crippen LogP contribution in [0.3, 0.4) is 0 Å². The van der Waals surface area contributed by atoms with Crippen LogP contribution in [-0.2, 0) is 4.79 Å². The van der Waals surface area contributed by atoms with E-state index >= 15 is 0 Å². The van der Waals surface area contributed by atoms with Crippen molar-refractivity contribution < 1.29 is 4.79 Å². The molecule has 0 bridgehead atoms. The minimum Gasteiger partial charge on any atom is -0.368 e. The predicted molar refractivity (Wildman–Crippen MR) is 82.4 cm³/mol. The molecular formula is C16H31N3O. The standard InChI is InChI=1S/C16H31N3O/c1-3-13-6-4-10-19(12-13)11-5-9-16(2,15(17)20)18-14-7-8-14/h13-14,18H,3-12H2,1-2H3,(H2,17,20). The Bertz CT molecular complexity index is 330. The first kappa shape index (κ1) is 15.8. The van der Waals surface area contributed by atoms with Crippen LogP contribution in [0.5, 0.6) is 0 Å². The van der Waals surface area contributed by atoms with Crippen LogP contribution in [0, 0.1) is 5.92 Å². The predicted octanol–water partition coefficient (Wildman–Crippen LogP) is 1.88. The Kier molecular flexibility index (Phi) is 5.44. The molecule has 2 unspecified atom stereocenters. The molecule has 1 saturated carbocycles. The zero-order chi connectivity index (χ0) is 14.6. The molecule has 2 fully saturated rings. The lowest BCUT2D eigenvalue weighted by Crippen LogP contribution is -2.54. The fourth-order valence-electron chi connectivity index (χ4n) is 3.29. The fourth-order valence-corrected chi connectivity index (χ4v) is 3.29. The molecular weight excluding hydrogens is 250 g/mol. The molecule has 1 aliphatic heterocycles. The lowest BCUT2D eigenvalue weighted by Gasteiger charge is -2.33. The molecule has 0 spiro atoms. The molecule has 1 heterocycles. The topological polar surface area (TPSA) is 58.4 Å². The van der Waals surface area contributed by atoms with E-state index in [-0.39, 0.29) is 5.91 Å². The van der Waals surface area contributed by atoms with Crippen molar-refractivity contribution in [2.75, 3.05) is 19.6 Å². The number of nitrogens with two attached hydrogens (primary N) is 1. The first-order valence-electron chi connectivity index (χ1n) is 8.33. The average Bonchev–Trinajstić information content (AvgIpc) is 3.22. The van der Waals surface area contributed by atoms with Crippen LogP contribution in [0.2, 0.25) is 0 Å². The Morgan fingerprint density at radius 3 is 2.75 bits per heavy atom. The molecule has 3 N–H and O–H groups in total. The van der Waals surface area contributed by atoms with Crippen LogP contribution < -0.4 is 11.1 Å². The van der Waals surface area contributed by atoms with Crippen LogP contribution in [-0.4, -0.2) is 42.0 Å². The van der Waals surface area contributed by atoms with Crippen molar-refractivity contribution in [3.63, 3.8) is 0 Å². The summed E-state index contributed by atoms with van der Waals surface area (Å²) in [7, 11) is 0. The monoisotopic (exact) mass is 281 g/mol. The Morgan fingerprint density at radius 2 is 2.15 bits per heavy atom. The second-order valence-corrected chi connectivity index (χ2v) is 6.94. The number of piperidine rings is 1. The first-order valence-corrected chi connectivity index (χ1v) is 8.33. The number of rotatable bonds is 8. The van der Waals surface area contributed by atoms with Crippen molar-refractivity contribution in [1.82, 2.24) is 10.2 Å². The van der Waals surface area contributed by atoms with Gasteiger partial charge in [-0.25, -0.2) is 0 Å². The molecule has 1 saturated heterocycles. The van der Waals surface area contributed by atoms with E-state index in [9.17, 15) is 4.79 Å². The van der Waals surface area contributed by atoms with Crippen LogP contribution >= 0.6 is 0 Å². The summed E-state index contributed by atoms with van der Waals surface area (Å²) < 4.78 is 0. The number of amides is 1. The molecule has 20 heavy (non-hydrogen) atoms. The highest BCUT2D eigenvalue weighted by Gasteiger charge is 2.36. The number of likely N-dealkylation sites (tertiary alicyclic amines) is 1. The third kappa shape index (κ3) is 4.45. The smallest absolute Gasteiger partial charge is 0.237 e. The summed E-state index contributed by atoms with van der Waals surface area (Å²) in [5.41, 5.74) is 5.08. The van der Waals surface area contributed by atoms with E-state index in [4.69, 9.17) is 5.73 Å². The van der Waals surface area contributed by atoms with Crippen molar-refractivity contribution in [3.05, 3.63) is 0 Å². The first-order chi connectivity index (χ1) is 9.53. The van der Waals surface area contributed by atoms with Gasteiger partial charge in [-0.15, -0.1) is 0 Å². The van der Waals surface area contributed by atoms with Crippen LogP contribution in [0.25, 0.3) is 0 Å². The SMILES string of the molecule is CCC1CCCN(CCCC(C)(NC2CC2)C(N)=O)C1. The summed E-state index contributed by atoms with van der Waals surface area (Å²) in [6.07, 6.45) is 8.28. The number of hydrogen-bond acceptors (Lipinski definition) is 3. The number of carbonyl (C=O) groups excluding carboxylic acids is 1. The highest BCUT2D eigenvalue weighted by molar-refractivity contribution is 5.84. The van der Waals surface area contributed by atoms with E-state index in [1.165, 1.54) is 45.2 Å². The minimum atomic E-state index is -0.513. The summed E-state index contributed by atoms with van der Waals surface area (Å²) in [6, 6.07) is 0.520. The molecule has 116 valence electrons. The van der Waals surface area contributed by atoms with Gasteiger partial charge in [0, 0.05) is 12.6 Å². The Labute approximate surface area is 123 Å². The van der Waals surface area contributed by atoms with Gasteiger partial charge in [-0.1, -0.05) is 13.3 Å². The Hall–Kier alpha value is -0.610. The second kappa shape index (κ2) is 6.90. The largest absolute Gasteiger partial charge is 0.368 e. The molecule has 2 aliphatic rings. The van der Waals surface area contributed by atoms with Gasteiger partial charge in [0.05, 0.1) is 5.54 Å². The van der Waals surface area contributed by atoms with Gasteiger partial charge < -0.3 is 16.0 Å². The summed E-state index contributed by atoms with van der Waals surface area (Å²) in [5.74, 6) is 0.672. The second-order valence-electron chi connectivity index (χ2n) is 6.94. The number of hydrogen-bond donors (Lipinski definition) is 2. The molecule has 4 nitrogen and oxygen atoms in total. The molecule has 1 amide bonds. The number of nitrogens with zero attached hydrogens (tertiary/aromatic N) is 1. The quantitative estimate of drug-likeness (QED) is 0.714. The van der Waals surface area contributed by atoms with E-state index in [0.717, 1.165) is 25.3 Å². The van der Waals surface area contributed by atoms with Crippen molar-refractivity contribution in [2.24, 2.45) is 11.7 Å². The maximum atomic E-state index is 11.7. The molecule has 0 radical (unpaired) electrons. The van der Waals surface area contributed by atoms with E-state index in [0.29, 0.717) is 6.04 Å². The molecule has 0 aromatic carbocycles. The summed E-state index contributed by atoms with van der Waals surface area (Å²) in [5, 5.41) is 3.43. The highest BCUT2D eigenvalue weighted by Crippen LogP contribution is 2.25. The van der Waals surface area contributed by atoms with Crippen molar-refractivity contribution in [1.29, 1.82) is 0 Å². The maximum Gasteiger partial charge on any atom is 0.237 e. The Balaban J connectivity index is 1.73. The van der Waals surface area contributed by atoms with Gasteiger partial charge in [-0.05, 0) is 64.5 Å². The van der Waals surface area contributed by atoms with Gasteiger partial charge in [0.25, 0.3) is 0 Å². The lowest BCUT2D eigenvalue weighted by atomic mass is 9.93. The normalized spacial score (nSPS) is 27.2. The van der Waals surface area contributed by atoms with Gasteiger partial charge in [0.15, 0.2) is 0 Å². The van der Waals surface area contributed by atoms with Gasteiger partial charge in [0.1, 0.15) is 0 Å². The number of nitrogens with one attached hydrogen (secondary N) is 1. The van der Waals surface area contributed by atoms with Crippen LogP contribution in [0.1, 0.15) is 58.8 Å². The summed E-state index contributed by atoms with van der Waals surface area (Å²) >= 11 is 0. The van der Waals surface area contributed by atoms with Gasteiger partial charge >= 0.3 is 0 Å². The third-order valence-electron chi connectivity index (χ3n) is 4.98. The van der Waals surface area contributed by atoms with E-state index in [2.05, 4.69) is 17.1 Å². The third-order valence-corrected chi connectivity index (χ3v) is 4.98. The molecule has 2 rings (SSSR count). The molecule has 2 atom stereocenters. The van der Waals surface area contributed by atoms with E-state index in [1.807, 2.05) is 6.92 Å². The van der Waals surface area contributed by atoms with Crippen LogP contribution in [0.15, 0.2) is 0 Å². The molecule has 0 aromatic rings. The average molecular weight is 281 g/mol. The Morgan fingerprint density at radius 1 is 1.40 bits per heavy atom. The fraction of sp³-hybridized carbons (Fsp3) is 0.938. The van der Waals surface area contributed by atoms with Gasteiger partial charge in [-0.2, -0.15) is 0 Å².